The molecule has 0 amide bonds. The third kappa shape index (κ3) is 1.43. The summed E-state index contributed by atoms with van der Waals surface area (Å²) < 4.78 is 1.70. The van der Waals surface area contributed by atoms with Crippen LogP contribution >= 0.6 is 0 Å². The van der Waals surface area contributed by atoms with Crippen LogP contribution in [0.25, 0.3) is 0 Å². The van der Waals surface area contributed by atoms with Crippen molar-refractivity contribution < 1.29 is 15.0 Å². The summed E-state index contributed by atoms with van der Waals surface area (Å²) in [6.07, 6.45) is 0.0419. The van der Waals surface area contributed by atoms with Gasteiger partial charge in [-0.05, 0) is 25.8 Å². The van der Waals surface area contributed by atoms with Gasteiger partial charge in [0.25, 0.3) is 0 Å². The van der Waals surface area contributed by atoms with Crippen LogP contribution in [-0.2, 0) is 17.3 Å². The van der Waals surface area contributed by atoms with Crippen molar-refractivity contribution >= 4 is 5.97 Å². The molecule has 0 bridgehead atoms. The number of hydrogen-bond donors (Lipinski definition) is 2. The van der Waals surface area contributed by atoms with Crippen molar-refractivity contribution in [1.29, 1.82) is 0 Å². The number of carboxylic acids is 1. The van der Waals surface area contributed by atoms with E-state index >= 15 is 0 Å². The molecule has 0 radical (unpaired) electrons. The quantitative estimate of drug-likeness (QED) is 0.747. The normalized spacial score (nSPS) is 19.9. The molecule has 1 heterocycles. The van der Waals surface area contributed by atoms with Crippen molar-refractivity contribution in [2.75, 3.05) is 0 Å². The second-order valence-electron chi connectivity index (χ2n) is 4.19. The zero-order valence-electron chi connectivity index (χ0n) is 8.77. The van der Waals surface area contributed by atoms with Crippen molar-refractivity contribution in [3.63, 3.8) is 0 Å². The van der Waals surface area contributed by atoms with E-state index in [1.807, 2.05) is 20.0 Å². The minimum Gasteiger partial charge on any atom is -0.479 e. The van der Waals surface area contributed by atoms with E-state index in [-0.39, 0.29) is 0 Å². The first-order valence-corrected chi connectivity index (χ1v) is 4.89. The average molecular weight is 210 g/mol. The molecule has 1 aliphatic carbocycles. The third-order valence-electron chi connectivity index (χ3n) is 3.17. The number of aliphatic carboxylic acids is 1. The number of aromatic nitrogens is 2. The van der Waals surface area contributed by atoms with Gasteiger partial charge in [-0.2, -0.15) is 5.10 Å². The van der Waals surface area contributed by atoms with E-state index in [0.717, 1.165) is 5.69 Å². The standard InChI is InChI=1S/C10H14N2O3/c1-6-5-7(11-12(6)2)10(3-4-10)8(13)9(14)15/h5,8,13H,3-4H2,1-2H3,(H,14,15). The number of aliphatic hydroxyl groups excluding tert-OH is 1. The third-order valence-corrected chi connectivity index (χ3v) is 3.17. The number of aryl methyl sites for hydroxylation is 2. The van der Waals surface area contributed by atoms with Crippen molar-refractivity contribution in [1.82, 2.24) is 9.78 Å². The van der Waals surface area contributed by atoms with E-state index in [4.69, 9.17) is 5.11 Å². The molecule has 5 heteroatoms. The second-order valence-corrected chi connectivity index (χ2v) is 4.19. The molecule has 1 saturated carbocycles. The van der Waals surface area contributed by atoms with E-state index in [0.29, 0.717) is 18.5 Å². The second kappa shape index (κ2) is 3.06. The fourth-order valence-electron chi connectivity index (χ4n) is 1.84. The number of nitrogens with zero attached hydrogens (tertiary/aromatic N) is 2. The van der Waals surface area contributed by atoms with Crippen LogP contribution in [0.15, 0.2) is 6.07 Å². The minimum atomic E-state index is -1.34. The Balaban J connectivity index is 2.34. The Labute approximate surface area is 87.3 Å². The number of aliphatic hydroxyl groups is 1. The Hall–Kier alpha value is -1.36. The Morgan fingerprint density at radius 2 is 2.27 bits per heavy atom. The highest BCUT2D eigenvalue weighted by Crippen LogP contribution is 2.50. The molecular weight excluding hydrogens is 196 g/mol. The molecule has 0 aromatic carbocycles. The molecule has 0 aliphatic heterocycles. The summed E-state index contributed by atoms with van der Waals surface area (Å²) in [5.74, 6) is -1.17. The zero-order chi connectivity index (χ0) is 11.2. The number of hydrogen-bond acceptors (Lipinski definition) is 3. The van der Waals surface area contributed by atoms with Crippen molar-refractivity contribution in [3.05, 3.63) is 17.5 Å². The van der Waals surface area contributed by atoms with Crippen molar-refractivity contribution in [3.8, 4) is 0 Å². The highest BCUT2D eigenvalue weighted by atomic mass is 16.4. The highest BCUT2D eigenvalue weighted by molar-refractivity contribution is 5.75. The zero-order valence-corrected chi connectivity index (χ0v) is 8.77. The van der Waals surface area contributed by atoms with E-state index in [1.54, 1.807) is 4.68 Å². The monoisotopic (exact) mass is 210 g/mol. The van der Waals surface area contributed by atoms with Crippen molar-refractivity contribution in [2.45, 2.75) is 31.3 Å². The van der Waals surface area contributed by atoms with Gasteiger partial charge in [0, 0.05) is 12.7 Å². The van der Waals surface area contributed by atoms with Gasteiger partial charge in [0.2, 0.25) is 0 Å². The van der Waals surface area contributed by atoms with E-state index in [2.05, 4.69) is 5.10 Å². The maximum absolute atomic E-state index is 10.8. The lowest BCUT2D eigenvalue weighted by Crippen LogP contribution is -2.34. The van der Waals surface area contributed by atoms with Crippen LogP contribution in [0.3, 0.4) is 0 Å². The summed E-state index contributed by atoms with van der Waals surface area (Å²) in [4.78, 5) is 10.8. The smallest absolute Gasteiger partial charge is 0.333 e. The summed E-state index contributed by atoms with van der Waals surface area (Å²) in [5.41, 5.74) is 1.02. The number of rotatable bonds is 3. The average Bonchev–Trinajstić information content (AvgIpc) is 2.90. The van der Waals surface area contributed by atoms with Crippen molar-refractivity contribution in [2.24, 2.45) is 7.05 Å². The molecule has 1 atom stereocenters. The number of carboxylic acid groups (broad SMARTS) is 1. The van der Waals surface area contributed by atoms with Crippen LogP contribution in [0.2, 0.25) is 0 Å². The lowest BCUT2D eigenvalue weighted by molar-refractivity contribution is -0.148. The van der Waals surface area contributed by atoms with E-state index < -0.39 is 17.5 Å². The SMILES string of the molecule is Cc1cc(C2(C(O)C(=O)O)CC2)nn1C. The Morgan fingerprint density at radius 1 is 1.67 bits per heavy atom. The first-order valence-electron chi connectivity index (χ1n) is 4.89. The largest absolute Gasteiger partial charge is 0.479 e. The predicted octanol–water partition coefficient (Wildman–Crippen LogP) is 0.206. The maximum Gasteiger partial charge on any atom is 0.333 e. The van der Waals surface area contributed by atoms with Crippen LogP contribution < -0.4 is 0 Å². The topological polar surface area (TPSA) is 75.3 Å². The van der Waals surface area contributed by atoms with Gasteiger partial charge in [0.05, 0.1) is 11.1 Å². The van der Waals surface area contributed by atoms with Crippen LogP contribution in [0.4, 0.5) is 0 Å². The Bertz CT molecular complexity index is 387. The summed E-state index contributed by atoms with van der Waals surface area (Å²) in [5, 5.41) is 22.7. The molecule has 1 aromatic heterocycles. The lowest BCUT2D eigenvalue weighted by Gasteiger charge is -2.15. The van der Waals surface area contributed by atoms with Gasteiger partial charge in [-0.25, -0.2) is 4.79 Å². The summed E-state index contributed by atoms with van der Waals surface area (Å²) in [7, 11) is 1.81. The summed E-state index contributed by atoms with van der Waals surface area (Å²) in [6.45, 7) is 1.90. The van der Waals surface area contributed by atoms with Gasteiger partial charge in [-0.15, -0.1) is 0 Å². The maximum atomic E-state index is 10.8. The van der Waals surface area contributed by atoms with Gasteiger partial charge in [-0.1, -0.05) is 0 Å². The molecule has 1 unspecified atom stereocenters. The fraction of sp³-hybridized carbons (Fsp3) is 0.600. The molecule has 0 spiro atoms. The van der Waals surface area contributed by atoms with Crippen LogP contribution in [0, 0.1) is 6.92 Å². The molecule has 5 nitrogen and oxygen atoms in total. The molecule has 82 valence electrons. The Morgan fingerprint density at radius 3 is 2.60 bits per heavy atom. The van der Waals surface area contributed by atoms with E-state index in [9.17, 15) is 9.90 Å². The fourth-order valence-corrected chi connectivity index (χ4v) is 1.84. The van der Waals surface area contributed by atoms with Gasteiger partial charge in [0.1, 0.15) is 0 Å². The number of carbonyl (C=O) groups is 1. The molecule has 15 heavy (non-hydrogen) atoms. The molecule has 0 saturated heterocycles. The van der Waals surface area contributed by atoms with Gasteiger partial charge < -0.3 is 10.2 Å². The minimum absolute atomic E-state index is 0.641. The molecule has 2 rings (SSSR count). The van der Waals surface area contributed by atoms with Gasteiger partial charge in [0.15, 0.2) is 6.10 Å². The molecule has 1 fully saturated rings. The molecule has 1 aliphatic rings. The van der Waals surface area contributed by atoms with Gasteiger partial charge in [-0.3, -0.25) is 4.68 Å². The molecule has 2 N–H and O–H groups in total. The van der Waals surface area contributed by atoms with Crippen LogP contribution in [0.5, 0.6) is 0 Å². The summed E-state index contributed by atoms with van der Waals surface area (Å²) in [6, 6.07) is 1.85. The first kappa shape index (κ1) is 10.2. The Kier molecular flexibility index (Phi) is 2.08. The predicted molar refractivity (Wildman–Crippen MR) is 52.5 cm³/mol. The van der Waals surface area contributed by atoms with Crippen LogP contribution in [-0.4, -0.2) is 32.1 Å². The highest BCUT2D eigenvalue weighted by Gasteiger charge is 2.55. The lowest BCUT2D eigenvalue weighted by atomic mass is 9.95. The van der Waals surface area contributed by atoms with Gasteiger partial charge >= 0.3 is 5.97 Å². The first-order chi connectivity index (χ1) is 6.97. The molecular formula is C10H14N2O3. The molecule has 1 aromatic rings. The van der Waals surface area contributed by atoms with Crippen LogP contribution in [0.1, 0.15) is 24.2 Å². The summed E-state index contributed by atoms with van der Waals surface area (Å²) >= 11 is 0. The van der Waals surface area contributed by atoms with E-state index in [1.165, 1.54) is 0 Å².